The van der Waals surface area contributed by atoms with Crippen molar-refractivity contribution >= 4 is 8.56 Å². The van der Waals surface area contributed by atoms with Gasteiger partial charge in [0.15, 0.2) is 0 Å². The van der Waals surface area contributed by atoms with Crippen molar-refractivity contribution in [3.8, 4) is 0 Å². The van der Waals surface area contributed by atoms with Crippen LogP contribution in [0.2, 0.25) is 12.1 Å². The van der Waals surface area contributed by atoms with E-state index in [1.807, 2.05) is 6.92 Å². The number of allylic oxidation sites excluding steroid dienone is 2. The molecule has 0 saturated carbocycles. The summed E-state index contributed by atoms with van der Waals surface area (Å²) in [6.45, 7) is 12.2. The Morgan fingerprint density at radius 1 is 1.00 bits per heavy atom. The average molecular weight is 270 g/mol. The summed E-state index contributed by atoms with van der Waals surface area (Å²) in [7, 11) is 1.58. The Morgan fingerprint density at radius 3 is 2.06 bits per heavy atom. The summed E-state index contributed by atoms with van der Waals surface area (Å²) in [4.78, 5) is 0. The van der Waals surface area contributed by atoms with Gasteiger partial charge in [0.05, 0.1) is 0 Å². The zero-order valence-electron chi connectivity index (χ0n) is 12.7. The van der Waals surface area contributed by atoms with E-state index in [-0.39, 0.29) is 0 Å². The molecule has 0 aliphatic carbocycles. The molecule has 0 fully saturated rings. The van der Waals surface area contributed by atoms with Crippen LogP contribution in [0.4, 0.5) is 0 Å². The van der Waals surface area contributed by atoms with Gasteiger partial charge < -0.3 is 8.85 Å². The summed E-state index contributed by atoms with van der Waals surface area (Å²) >= 11 is 0. The molecule has 0 heterocycles. The van der Waals surface area contributed by atoms with E-state index in [9.17, 15) is 0 Å². The molecule has 0 aromatic carbocycles. The van der Waals surface area contributed by atoms with E-state index in [2.05, 4.69) is 20.1 Å². The quantitative estimate of drug-likeness (QED) is 0.304. The van der Waals surface area contributed by atoms with Crippen molar-refractivity contribution in [2.45, 2.75) is 58.0 Å². The fraction of sp³-hybridized carbons (Fsp3) is 0.733. The van der Waals surface area contributed by atoms with Crippen LogP contribution in [0.1, 0.15) is 46.0 Å². The van der Waals surface area contributed by atoms with Crippen molar-refractivity contribution in [3.05, 3.63) is 24.3 Å². The normalized spacial score (nSPS) is 11.6. The van der Waals surface area contributed by atoms with Crippen molar-refractivity contribution in [2.75, 3.05) is 14.2 Å². The van der Waals surface area contributed by atoms with Crippen LogP contribution in [0, 0.1) is 0 Å². The lowest BCUT2D eigenvalue weighted by molar-refractivity contribution is 0.240. The maximum Gasteiger partial charge on any atom is 0.337 e. The topological polar surface area (TPSA) is 18.5 Å². The predicted octanol–water partition coefficient (Wildman–Crippen LogP) is 4.82. The van der Waals surface area contributed by atoms with Crippen LogP contribution in [-0.2, 0) is 8.85 Å². The van der Waals surface area contributed by atoms with E-state index in [1.165, 1.54) is 25.7 Å². The Hall–Kier alpha value is -0.383. The highest BCUT2D eigenvalue weighted by Crippen LogP contribution is 2.26. The monoisotopic (exact) mass is 270 g/mol. The molecule has 0 aromatic heterocycles. The Balaban J connectivity index is 4.24. The lowest BCUT2D eigenvalue weighted by Crippen LogP contribution is -2.39. The van der Waals surface area contributed by atoms with Crippen LogP contribution in [0.5, 0.6) is 0 Å². The van der Waals surface area contributed by atoms with E-state index >= 15 is 0 Å². The van der Waals surface area contributed by atoms with Gasteiger partial charge in [-0.05, 0) is 25.4 Å². The highest BCUT2D eigenvalue weighted by atomic mass is 28.4. The molecule has 0 aliphatic rings. The Kier molecular flexibility index (Phi) is 9.33. The molecule has 0 bridgehead atoms. The summed E-state index contributed by atoms with van der Waals surface area (Å²) in [5.74, 6) is 0. The van der Waals surface area contributed by atoms with Gasteiger partial charge in [0.1, 0.15) is 0 Å². The molecule has 0 atom stereocenters. The molecule has 2 nitrogen and oxygen atoms in total. The minimum Gasteiger partial charge on any atom is -0.398 e. The van der Waals surface area contributed by atoms with Gasteiger partial charge in [-0.25, -0.2) is 0 Å². The standard InChI is InChI=1S/C15H30O2Si/c1-7-8-9-10-12-18(16-5,17-6)13-11-15(4)14(2)3/h2,4,7-13H2,1,3,5-6H3. The molecule has 106 valence electrons. The first-order valence-corrected chi connectivity index (χ1v) is 9.18. The van der Waals surface area contributed by atoms with E-state index in [1.54, 1.807) is 14.2 Å². The van der Waals surface area contributed by atoms with Crippen molar-refractivity contribution in [2.24, 2.45) is 0 Å². The maximum absolute atomic E-state index is 5.74. The molecule has 0 aromatic rings. The first kappa shape index (κ1) is 17.6. The highest BCUT2D eigenvalue weighted by molar-refractivity contribution is 6.67. The van der Waals surface area contributed by atoms with Gasteiger partial charge in [-0.1, -0.05) is 56.9 Å². The summed E-state index contributed by atoms with van der Waals surface area (Å²) in [6, 6.07) is 2.07. The third-order valence-electron chi connectivity index (χ3n) is 3.57. The molecule has 0 rings (SSSR count). The molecule has 0 aliphatic heterocycles. The van der Waals surface area contributed by atoms with Crippen molar-refractivity contribution in [1.82, 2.24) is 0 Å². The van der Waals surface area contributed by atoms with Gasteiger partial charge in [-0.2, -0.15) is 0 Å². The lowest BCUT2D eigenvalue weighted by atomic mass is 10.1. The van der Waals surface area contributed by atoms with Crippen molar-refractivity contribution < 1.29 is 8.85 Å². The van der Waals surface area contributed by atoms with Gasteiger partial charge in [0.25, 0.3) is 0 Å². The predicted molar refractivity (Wildman–Crippen MR) is 82.1 cm³/mol. The molecule has 0 amide bonds. The third kappa shape index (κ3) is 6.52. The van der Waals surface area contributed by atoms with E-state index in [4.69, 9.17) is 8.85 Å². The van der Waals surface area contributed by atoms with Gasteiger partial charge in [-0.3, -0.25) is 0 Å². The smallest absolute Gasteiger partial charge is 0.337 e. The highest BCUT2D eigenvalue weighted by Gasteiger charge is 2.34. The van der Waals surface area contributed by atoms with Gasteiger partial charge in [0.2, 0.25) is 0 Å². The number of hydrogen-bond donors (Lipinski definition) is 0. The lowest BCUT2D eigenvalue weighted by Gasteiger charge is -2.28. The van der Waals surface area contributed by atoms with Crippen LogP contribution in [0.3, 0.4) is 0 Å². The molecule has 0 spiro atoms. The second-order valence-corrected chi connectivity index (χ2v) is 8.65. The minimum atomic E-state index is -2.00. The van der Waals surface area contributed by atoms with Crippen LogP contribution in [0.25, 0.3) is 0 Å². The Morgan fingerprint density at radius 2 is 1.61 bits per heavy atom. The molecule has 0 radical (unpaired) electrons. The fourth-order valence-corrected chi connectivity index (χ4v) is 4.70. The summed E-state index contributed by atoms with van der Waals surface area (Å²) in [5.41, 5.74) is 2.19. The van der Waals surface area contributed by atoms with Crippen LogP contribution >= 0.6 is 0 Å². The summed E-state index contributed by atoms with van der Waals surface area (Å²) < 4.78 is 11.5. The average Bonchev–Trinajstić information content (AvgIpc) is 2.38. The second-order valence-electron chi connectivity index (χ2n) is 5.01. The van der Waals surface area contributed by atoms with E-state index in [0.29, 0.717) is 0 Å². The minimum absolute atomic E-state index is 0.941. The summed E-state index contributed by atoms with van der Waals surface area (Å²) in [6.07, 6.45) is 6.00. The molecule has 0 unspecified atom stereocenters. The van der Waals surface area contributed by atoms with Crippen molar-refractivity contribution in [1.29, 1.82) is 0 Å². The molecular weight excluding hydrogens is 240 g/mol. The SMILES string of the molecule is C=C(C)C(=C)CC[Si](CCCCCC)(OC)OC. The molecule has 18 heavy (non-hydrogen) atoms. The van der Waals surface area contributed by atoms with Gasteiger partial charge in [-0.15, -0.1) is 0 Å². The largest absolute Gasteiger partial charge is 0.398 e. The van der Waals surface area contributed by atoms with Crippen LogP contribution < -0.4 is 0 Å². The Labute approximate surface area is 114 Å². The number of rotatable bonds is 11. The van der Waals surface area contributed by atoms with E-state index < -0.39 is 8.56 Å². The first-order valence-electron chi connectivity index (χ1n) is 6.95. The van der Waals surface area contributed by atoms with E-state index in [0.717, 1.165) is 29.7 Å². The van der Waals surface area contributed by atoms with Gasteiger partial charge >= 0.3 is 8.56 Å². The molecule has 0 saturated heterocycles. The number of unbranched alkanes of at least 4 members (excludes halogenated alkanes) is 3. The summed E-state index contributed by atoms with van der Waals surface area (Å²) in [5, 5.41) is 0. The van der Waals surface area contributed by atoms with Crippen LogP contribution in [0.15, 0.2) is 24.3 Å². The second kappa shape index (κ2) is 9.53. The van der Waals surface area contributed by atoms with Crippen molar-refractivity contribution in [3.63, 3.8) is 0 Å². The molecule has 3 heteroatoms. The van der Waals surface area contributed by atoms with Gasteiger partial charge in [0, 0.05) is 14.2 Å². The first-order chi connectivity index (χ1) is 8.51. The third-order valence-corrected chi connectivity index (χ3v) is 7.18. The molecular formula is C15H30O2Si. The Bertz CT molecular complexity index is 257. The number of hydrogen-bond acceptors (Lipinski definition) is 2. The zero-order chi connectivity index (χ0) is 14.0. The zero-order valence-corrected chi connectivity index (χ0v) is 13.7. The fourth-order valence-electron chi connectivity index (χ4n) is 1.99. The molecule has 0 N–H and O–H groups in total. The maximum atomic E-state index is 5.74. The van der Waals surface area contributed by atoms with Crippen LogP contribution in [-0.4, -0.2) is 22.8 Å².